The van der Waals surface area contributed by atoms with Crippen LogP contribution in [0.2, 0.25) is 0 Å². The summed E-state index contributed by atoms with van der Waals surface area (Å²) in [5.74, 6) is 0.309. The first kappa shape index (κ1) is 26.8. The van der Waals surface area contributed by atoms with Gasteiger partial charge < -0.3 is 14.4 Å². The third-order valence-corrected chi connectivity index (χ3v) is 6.88. The van der Waals surface area contributed by atoms with E-state index in [1.165, 1.54) is 17.5 Å². The summed E-state index contributed by atoms with van der Waals surface area (Å²) in [5.41, 5.74) is 3.68. The number of sulfonamides is 1. The number of aromatic nitrogens is 3. The first-order valence-corrected chi connectivity index (χ1v) is 12.7. The van der Waals surface area contributed by atoms with Gasteiger partial charge in [-0.15, -0.1) is 0 Å². The van der Waals surface area contributed by atoms with E-state index in [0.29, 0.717) is 42.3 Å². The minimum absolute atomic E-state index is 0. The van der Waals surface area contributed by atoms with Crippen LogP contribution >= 0.6 is 13.5 Å². The number of morpholine rings is 1. The quantitative estimate of drug-likeness (QED) is 0.464. The molecule has 3 aromatic rings. The van der Waals surface area contributed by atoms with Crippen LogP contribution in [0.15, 0.2) is 42.7 Å². The number of fused-ring (bicyclic) bond motifs is 1. The molecule has 1 aromatic carbocycles. The van der Waals surface area contributed by atoms with Crippen molar-refractivity contribution in [1.82, 2.24) is 24.2 Å². The van der Waals surface area contributed by atoms with Crippen LogP contribution < -0.4 is 4.74 Å². The van der Waals surface area contributed by atoms with Crippen molar-refractivity contribution >= 4 is 40.5 Å². The molecule has 0 N–H and O–H groups in total. The van der Waals surface area contributed by atoms with Gasteiger partial charge in [-0.2, -0.15) is 17.8 Å². The van der Waals surface area contributed by atoms with Gasteiger partial charge in [-0.25, -0.2) is 18.4 Å². The molecule has 0 bridgehead atoms. The second kappa shape index (κ2) is 11.3. The van der Waals surface area contributed by atoms with Gasteiger partial charge in [0.25, 0.3) is 0 Å². The Morgan fingerprint density at radius 3 is 2.63 bits per heavy atom. The molecule has 188 valence electrons. The van der Waals surface area contributed by atoms with Crippen LogP contribution in [0.1, 0.15) is 12.5 Å². The monoisotopic (exact) mass is 519 g/mol. The summed E-state index contributed by atoms with van der Waals surface area (Å²) < 4.78 is 36.8. The van der Waals surface area contributed by atoms with Gasteiger partial charge in [0.2, 0.25) is 21.8 Å². The molecule has 1 aliphatic rings. The Hall–Kier alpha value is -2.80. The first-order chi connectivity index (χ1) is 16.2. The second-order valence-electron chi connectivity index (χ2n) is 8.23. The minimum Gasteiger partial charge on any atom is -0.473 e. The van der Waals surface area contributed by atoms with Crippen LogP contribution in [0.5, 0.6) is 5.88 Å². The Bertz CT molecular complexity index is 1290. The molecule has 4 rings (SSSR count). The highest BCUT2D eigenvalue weighted by atomic mass is 32.2. The number of ether oxygens (including phenoxy) is 2. The van der Waals surface area contributed by atoms with Crippen molar-refractivity contribution in [2.75, 3.05) is 39.6 Å². The zero-order valence-electron chi connectivity index (χ0n) is 19.8. The first-order valence-electron chi connectivity index (χ1n) is 10.8. The number of hydrogen-bond donors (Lipinski definition) is 0. The van der Waals surface area contributed by atoms with Crippen molar-refractivity contribution < 1.29 is 22.7 Å². The van der Waals surface area contributed by atoms with Crippen molar-refractivity contribution in [2.24, 2.45) is 0 Å². The number of rotatable bonds is 7. The molecule has 0 saturated carbocycles. The summed E-state index contributed by atoms with van der Waals surface area (Å²) in [6, 6.07) is 9.62. The van der Waals surface area contributed by atoms with Gasteiger partial charge >= 0.3 is 0 Å². The average Bonchev–Trinajstić information content (AvgIpc) is 2.82. The molecular weight excluding hydrogens is 490 g/mol. The van der Waals surface area contributed by atoms with Gasteiger partial charge in [0.1, 0.15) is 12.7 Å². The molecule has 1 saturated heterocycles. The molecule has 0 aliphatic carbocycles. The third kappa shape index (κ3) is 6.66. The molecular formula is C23H29N5O5S2. The van der Waals surface area contributed by atoms with E-state index in [9.17, 15) is 13.2 Å². The summed E-state index contributed by atoms with van der Waals surface area (Å²) in [7, 11) is -1.54. The molecule has 1 atom stereocenters. The molecule has 35 heavy (non-hydrogen) atoms. The number of amides is 1. The zero-order valence-corrected chi connectivity index (χ0v) is 21.7. The van der Waals surface area contributed by atoms with Gasteiger partial charge in [-0.05, 0) is 11.6 Å². The smallest absolute Gasteiger partial charge is 0.242 e. The maximum atomic E-state index is 11.9. The molecule has 3 heterocycles. The number of hydrogen-bond acceptors (Lipinski definition) is 8. The third-order valence-electron chi connectivity index (χ3n) is 5.61. The second-order valence-corrected chi connectivity index (χ2v) is 10.2. The molecule has 0 spiro atoms. The predicted octanol–water partition coefficient (Wildman–Crippen LogP) is 1.82. The molecule has 10 nitrogen and oxygen atoms in total. The van der Waals surface area contributed by atoms with Gasteiger partial charge in [-0.3, -0.25) is 9.78 Å². The zero-order chi connectivity index (χ0) is 24.3. The molecule has 1 amide bonds. The van der Waals surface area contributed by atoms with E-state index < -0.39 is 16.1 Å². The fourth-order valence-electron chi connectivity index (χ4n) is 3.62. The van der Waals surface area contributed by atoms with Crippen LogP contribution in [-0.4, -0.2) is 84.2 Å². The maximum Gasteiger partial charge on any atom is 0.242 e. The predicted molar refractivity (Wildman–Crippen MR) is 137 cm³/mol. The van der Waals surface area contributed by atoms with Gasteiger partial charge in [0.05, 0.1) is 24.1 Å². The van der Waals surface area contributed by atoms with Crippen LogP contribution in [0.25, 0.3) is 22.3 Å². The van der Waals surface area contributed by atoms with E-state index in [1.807, 2.05) is 30.3 Å². The number of pyridine rings is 1. The van der Waals surface area contributed by atoms with Crippen molar-refractivity contribution in [3.63, 3.8) is 0 Å². The van der Waals surface area contributed by atoms with Crippen LogP contribution in [0.3, 0.4) is 0 Å². The standard InChI is InChI=1S/C23H27N5O5S.H2S/c1-16(29)27(2)13-17-4-6-18(7-5-17)20-12-21-22(25-9-8-24-21)23(26-20)33-15-19-14-28(10-11-32-19)34(3,30)31;/h4-9,12,19H,10-11,13-15H2,1-3H3;1H2/t19-;/m0./s1. The fourth-order valence-corrected chi connectivity index (χ4v) is 4.47. The summed E-state index contributed by atoms with van der Waals surface area (Å²) in [6.45, 7) is 3.04. The van der Waals surface area contributed by atoms with Gasteiger partial charge in [0.15, 0.2) is 5.52 Å². The largest absolute Gasteiger partial charge is 0.473 e. The van der Waals surface area contributed by atoms with Gasteiger partial charge in [-0.1, -0.05) is 24.3 Å². The highest BCUT2D eigenvalue weighted by molar-refractivity contribution is 7.88. The van der Waals surface area contributed by atoms with E-state index >= 15 is 0 Å². The Balaban J connectivity index is 0.00000342. The number of carbonyl (C=O) groups excluding carboxylic acids is 1. The molecule has 0 radical (unpaired) electrons. The van der Waals surface area contributed by atoms with E-state index in [1.54, 1.807) is 24.3 Å². The van der Waals surface area contributed by atoms with Crippen molar-refractivity contribution in [3.8, 4) is 17.1 Å². The summed E-state index contributed by atoms with van der Waals surface area (Å²) in [6.07, 6.45) is 3.94. The summed E-state index contributed by atoms with van der Waals surface area (Å²) >= 11 is 0. The van der Waals surface area contributed by atoms with Crippen LogP contribution in [0, 0.1) is 0 Å². The van der Waals surface area contributed by atoms with E-state index in [4.69, 9.17) is 9.47 Å². The lowest BCUT2D eigenvalue weighted by Crippen LogP contribution is -2.47. The van der Waals surface area contributed by atoms with Crippen LogP contribution in [0.4, 0.5) is 0 Å². The normalized spacial score (nSPS) is 16.5. The van der Waals surface area contributed by atoms with E-state index in [-0.39, 0.29) is 32.6 Å². The topological polar surface area (TPSA) is 115 Å². The molecule has 12 heteroatoms. The van der Waals surface area contributed by atoms with Crippen molar-refractivity contribution in [2.45, 2.75) is 19.6 Å². The highest BCUT2D eigenvalue weighted by Gasteiger charge is 2.27. The summed E-state index contributed by atoms with van der Waals surface area (Å²) in [4.78, 5) is 26.6. The highest BCUT2D eigenvalue weighted by Crippen LogP contribution is 2.27. The van der Waals surface area contributed by atoms with Crippen molar-refractivity contribution in [3.05, 3.63) is 48.3 Å². The van der Waals surface area contributed by atoms with Crippen molar-refractivity contribution in [1.29, 1.82) is 0 Å². The molecule has 0 unspecified atom stereocenters. The Labute approximate surface area is 211 Å². The minimum atomic E-state index is -3.30. The SMILES string of the molecule is CC(=O)N(C)Cc1ccc(-c2cc3nccnc3c(OC[C@@H]3CN(S(C)(=O)=O)CCO3)n2)cc1.S. The average molecular weight is 520 g/mol. The number of benzene rings is 1. The lowest BCUT2D eigenvalue weighted by molar-refractivity contribution is -0.128. The lowest BCUT2D eigenvalue weighted by atomic mass is 10.1. The molecule has 1 aliphatic heterocycles. The Kier molecular flexibility index (Phi) is 8.65. The van der Waals surface area contributed by atoms with E-state index in [0.717, 1.165) is 11.1 Å². The Morgan fingerprint density at radius 2 is 1.94 bits per heavy atom. The summed E-state index contributed by atoms with van der Waals surface area (Å²) in [5, 5.41) is 0. The fraction of sp³-hybridized carbons (Fsp3) is 0.391. The maximum absolute atomic E-state index is 11.9. The van der Waals surface area contributed by atoms with E-state index in [2.05, 4.69) is 15.0 Å². The number of nitrogens with zero attached hydrogens (tertiary/aromatic N) is 5. The lowest BCUT2D eigenvalue weighted by Gasteiger charge is -2.30. The Morgan fingerprint density at radius 1 is 1.23 bits per heavy atom. The molecule has 1 fully saturated rings. The van der Waals surface area contributed by atoms with Gasteiger partial charge in [0, 0.05) is 51.6 Å². The number of carbonyl (C=O) groups is 1. The van der Waals surface area contributed by atoms with Crippen LogP contribution in [-0.2, 0) is 26.1 Å². The molecule has 2 aromatic heterocycles.